The first kappa shape index (κ1) is 27.1. The number of benzene rings is 1. The molecule has 3 nitrogen and oxygen atoms in total. The Morgan fingerprint density at radius 3 is 1.60 bits per heavy atom. The van der Waals surface area contributed by atoms with Gasteiger partial charge in [0.2, 0.25) is 0 Å². The Bertz CT molecular complexity index is 476. The molecule has 30 heavy (non-hydrogen) atoms. The van der Waals surface area contributed by atoms with Gasteiger partial charge < -0.3 is 15.3 Å². The molecule has 3 unspecified atom stereocenters. The molecule has 0 aliphatic carbocycles. The molecule has 0 radical (unpaired) electrons. The van der Waals surface area contributed by atoms with Crippen molar-refractivity contribution in [3.63, 3.8) is 0 Å². The monoisotopic (exact) mass is 420 g/mol. The Hall–Kier alpha value is -0.900. The van der Waals surface area contributed by atoms with Crippen molar-refractivity contribution >= 4 is 0 Å². The highest BCUT2D eigenvalue weighted by Gasteiger charge is 2.25. The minimum absolute atomic E-state index is 0.00752. The summed E-state index contributed by atoms with van der Waals surface area (Å²) in [4.78, 5) is 0. The second-order valence-corrected chi connectivity index (χ2v) is 9.08. The number of rotatable bonds is 20. The number of unbranched alkanes of at least 4 members (excludes halogenated alkanes) is 13. The molecule has 3 heteroatoms. The fraction of sp³-hybridized carbons (Fsp3) is 0.778. The van der Waals surface area contributed by atoms with Crippen LogP contribution in [0.15, 0.2) is 30.3 Å². The third kappa shape index (κ3) is 13.4. The number of aliphatic hydroxyl groups excluding tert-OH is 3. The summed E-state index contributed by atoms with van der Waals surface area (Å²) in [7, 11) is 0. The van der Waals surface area contributed by atoms with Gasteiger partial charge in [0.1, 0.15) is 6.10 Å². The van der Waals surface area contributed by atoms with E-state index in [9.17, 15) is 15.3 Å². The van der Waals surface area contributed by atoms with Crippen molar-refractivity contribution < 1.29 is 15.3 Å². The highest BCUT2D eigenvalue weighted by molar-refractivity contribution is 5.15. The Morgan fingerprint density at radius 1 is 0.667 bits per heavy atom. The van der Waals surface area contributed by atoms with E-state index >= 15 is 0 Å². The third-order valence-electron chi connectivity index (χ3n) is 6.33. The summed E-state index contributed by atoms with van der Waals surface area (Å²) in [5.74, 6) is -0.00752. The van der Waals surface area contributed by atoms with E-state index in [0.29, 0.717) is 0 Å². The number of aliphatic hydroxyl groups is 3. The standard InChI is InChI=1S/C27H48O3/c1-2-3-4-5-6-7-8-9-10-11-12-13-14-18-21-25(27(30)26(29)23-28)22-24-19-16-15-17-20-24/h15-17,19-20,25-30H,2-14,18,21-23H2,1H3. The van der Waals surface area contributed by atoms with Crippen LogP contribution >= 0.6 is 0 Å². The Morgan fingerprint density at radius 2 is 1.13 bits per heavy atom. The van der Waals surface area contributed by atoms with Gasteiger partial charge in [-0.15, -0.1) is 0 Å². The van der Waals surface area contributed by atoms with E-state index in [-0.39, 0.29) is 12.5 Å². The summed E-state index contributed by atoms with van der Waals surface area (Å²) in [6.07, 6.45) is 18.4. The first-order valence-electron chi connectivity index (χ1n) is 12.7. The van der Waals surface area contributed by atoms with Gasteiger partial charge in [-0.2, -0.15) is 0 Å². The van der Waals surface area contributed by atoms with Gasteiger partial charge in [-0.25, -0.2) is 0 Å². The molecule has 1 rings (SSSR count). The molecule has 0 heterocycles. The zero-order valence-corrected chi connectivity index (χ0v) is 19.5. The van der Waals surface area contributed by atoms with Crippen LogP contribution in [0.3, 0.4) is 0 Å². The third-order valence-corrected chi connectivity index (χ3v) is 6.33. The smallest absolute Gasteiger partial charge is 0.103 e. The maximum absolute atomic E-state index is 10.4. The van der Waals surface area contributed by atoms with Crippen LogP contribution in [-0.4, -0.2) is 34.1 Å². The SMILES string of the molecule is CCCCCCCCCCCCCCCCC(Cc1ccccc1)C(O)C(O)CO. The van der Waals surface area contributed by atoms with Crippen molar-refractivity contribution in [3.05, 3.63) is 35.9 Å². The molecule has 0 saturated heterocycles. The van der Waals surface area contributed by atoms with Crippen molar-refractivity contribution in [2.24, 2.45) is 5.92 Å². The maximum atomic E-state index is 10.4. The Labute approximate surface area is 185 Å². The predicted molar refractivity (Wildman–Crippen MR) is 128 cm³/mol. The van der Waals surface area contributed by atoms with Gasteiger partial charge in [0, 0.05) is 0 Å². The fourth-order valence-corrected chi connectivity index (χ4v) is 4.33. The second-order valence-electron chi connectivity index (χ2n) is 9.08. The highest BCUT2D eigenvalue weighted by atomic mass is 16.4. The summed E-state index contributed by atoms with van der Waals surface area (Å²) < 4.78 is 0. The molecule has 0 saturated carbocycles. The number of hydrogen-bond donors (Lipinski definition) is 3. The zero-order valence-electron chi connectivity index (χ0n) is 19.5. The molecule has 0 aromatic heterocycles. The van der Waals surface area contributed by atoms with E-state index in [0.717, 1.165) is 19.3 Å². The van der Waals surface area contributed by atoms with Gasteiger partial charge in [0.05, 0.1) is 12.7 Å². The van der Waals surface area contributed by atoms with E-state index < -0.39 is 12.2 Å². The van der Waals surface area contributed by atoms with Crippen LogP contribution in [0.25, 0.3) is 0 Å². The van der Waals surface area contributed by atoms with Crippen molar-refractivity contribution in [1.29, 1.82) is 0 Å². The summed E-state index contributed by atoms with van der Waals surface area (Å²) in [6, 6.07) is 10.1. The lowest BCUT2D eigenvalue weighted by molar-refractivity contribution is -0.0452. The lowest BCUT2D eigenvalue weighted by Crippen LogP contribution is -2.37. The molecular formula is C27H48O3. The summed E-state index contributed by atoms with van der Waals surface area (Å²) in [5, 5.41) is 29.5. The maximum Gasteiger partial charge on any atom is 0.103 e. The van der Waals surface area contributed by atoms with Gasteiger partial charge in [-0.3, -0.25) is 0 Å². The molecule has 0 spiro atoms. The number of hydrogen-bond acceptors (Lipinski definition) is 3. The largest absolute Gasteiger partial charge is 0.394 e. The normalized spacial score (nSPS) is 14.5. The zero-order chi connectivity index (χ0) is 21.9. The van der Waals surface area contributed by atoms with Crippen molar-refractivity contribution in [2.45, 2.75) is 122 Å². The molecule has 0 fully saturated rings. The van der Waals surface area contributed by atoms with Crippen LogP contribution in [0.1, 0.15) is 109 Å². The summed E-state index contributed by atoms with van der Waals surface area (Å²) >= 11 is 0. The molecule has 0 aliphatic rings. The molecule has 0 amide bonds. The van der Waals surface area contributed by atoms with Crippen LogP contribution in [0.2, 0.25) is 0 Å². The molecule has 3 atom stereocenters. The summed E-state index contributed by atoms with van der Waals surface area (Å²) in [5.41, 5.74) is 1.18. The minimum Gasteiger partial charge on any atom is -0.394 e. The Kier molecular flexibility index (Phi) is 17.0. The van der Waals surface area contributed by atoms with Crippen molar-refractivity contribution in [2.75, 3.05) is 6.61 Å². The molecule has 1 aromatic carbocycles. The first-order valence-corrected chi connectivity index (χ1v) is 12.7. The van der Waals surface area contributed by atoms with E-state index in [1.165, 1.54) is 89.0 Å². The average Bonchev–Trinajstić information content (AvgIpc) is 2.78. The van der Waals surface area contributed by atoms with Crippen molar-refractivity contribution in [1.82, 2.24) is 0 Å². The Balaban J connectivity index is 2.09. The van der Waals surface area contributed by atoms with Gasteiger partial charge in [-0.05, 0) is 24.3 Å². The second kappa shape index (κ2) is 18.8. The van der Waals surface area contributed by atoms with Crippen LogP contribution in [-0.2, 0) is 6.42 Å². The van der Waals surface area contributed by atoms with Gasteiger partial charge >= 0.3 is 0 Å². The van der Waals surface area contributed by atoms with Crippen molar-refractivity contribution in [3.8, 4) is 0 Å². The minimum atomic E-state index is -1.05. The quantitative estimate of drug-likeness (QED) is 0.213. The average molecular weight is 421 g/mol. The first-order chi connectivity index (χ1) is 14.7. The van der Waals surface area contributed by atoms with Gasteiger partial charge in [-0.1, -0.05) is 127 Å². The van der Waals surface area contributed by atoms with E-state index in [4.69, 9.17) is 0 Å². The van der Waals surface area contributed by atoms with Crippen LogP contribution in [0.5, 0.6) is 0 Å². The summed E-state index contributed by atoms with van der Waals surface area (Å²) in [6.45, 7) is 1.89. The van der Waals surface area contributed by atoms with Crippen LogP contribution < -0.4 is 0 Å². The van der Waals surface area contributed by atoms with Gasteiger partial charge in [0.15, 0.2) is 0 Å². The van der Waals surface area contributed by atoms with E-state index in [2.05, 4.69) is 19.1 Å². The predicted octanol–water partition coefficient (Wildman–Crippen LogP) is 6.43. The van der Waals surface area contributed by atoms with Crippen LogP contribution in [0, 0.1) is 5.92 Å². The molecule has 174 valence electrons. The van der Waals surface area contributed by atoms with Gasteiger partial charge in [0.25, 0.3) is 0 Å². The lowest BCUT2D eigenvalue weighted by Gasteiger charge is -2.26. The fourth-order valence-electron chi connectivity index (χ4n) is 4.33. The topological polar surface area (TPSA) is 60.7 Å². The lowest BCUT2D eigenvalue weighted by atomic mass is 9.86. The van der Waals surface area contributed by atoms with E-state index in [1.807, 2.05) is 18.2 Å². The molecule has 0 bridgehead atoms. The molecular weight excluding hydrogens is 372 g/mol. The van der Waals surface area contributed by atoms with E-state index in [1.54, 1.807) is 0 Å². The highest BCUT2D eigenvalue weighted by Crippen LogP contribution is 2.22. The molecule has 3 N–H and O–H groups in total. The van der Waals surface area contributed by atoms with Crippen LogP contribution in [0.4, 0.5) is 0 Å². The molecule has 1 aromatic rings. The molecule has 0 aliphatic heterocycles.